The van der Waals surface area contributed by atoms with Crippen LogP contribution in [0.2, 0.25) is 0 Å². The van der Waals surface area contributed by atoms with E-state index in [4.69, 9.17) is 14.5 Å². The molecule has 1 heterocycles. The monoisotopic (exact) mass is 257 g/mol. The molecule has 0 saturated carbocycles. The van der Waals surface area contributed by atoms with Crippen LogP contribution in [0.15, 0.2) is 28.8 Å². The van der Waals surface area contributed by atoms with Crippen LogP contribution in [0.5, 0.6) is 5.75 Å². The lowest BCUT2D eigenvalue weighted by Crippen LogP contribution is -2.13. The zero-order valence-corrected chi connectivity index (χ0v) is 11.2. The van der Waals surface area contributed by atoms with Gasteiger partial charge in [0.15, 0.2) is 12.4 Å². The maximum atomic E-state index is 8.79. The van der Waals surface area contributed by atoms with E-state index in [1.165, 1.54) is 0 Å². The molecule has 0 atom stereocenters. The second kappa shape index (κ2) is 5.11. The Labute approximate surface area is 111 Å². The number of hydrogen-bond acceptors (Lipinski definition) is 5. The maximum absolute atomic E-state index is 8.79. The standard InChI is InChI=1S/C14H15N3O2/c1-14(2,3)13-16-12(19-17-13)9-18-11-6-4-5-10(7-11)8-15/h4-7H,9H2,1-3H3. The number of nitriles is 1. The molecule has 1 aromatic carbocycles. The van der Waals surface area contributed by atoms with Crippen LogP contribution in [-0.4, -0.2) is 10.1 Å². The Morgan fingerprint density at radius 2 is 2.16 bits per heavy atom. The third-order valence-corrected chi connectivity index (χ3v) is 2.46. The van der Waals surface area contributed by atoms with Crippen molar-refractivity contribution < 1.29 is 9.26 Å². The Kier molecular flexibility index (Phi) is 3.52. The first-order chi connectivity index (χ1) is 8.99. The zero-order valence-electron chi connectivity index (χ0n) is 11.2. The highest BCUT2D eigenvalue weighted by Crippen LogP contribution is 2.19. The molecule has 0 aliphatic rings. The van der Waals surface area contributed by atoms with Crippen LogP contribution >= 0.6 is 0 Å². The highest BCUT2D eigenvalue weighted by Gasteiger charge is 2.20. The summed E-state index contributed by atoms with van der Waals surface area (Å²) in [7, 11) is 0. The van der Waals surface area contributed by atoms with E-state index in [-0.39, 0.29) is 12.0 Å². The van der Waals surface area contributed by atoms with Crippen LogP contribution in [-0.2, 0) is 12.0 Å². The second-order valence-corrected chi connectivity index (χ2v) is 5.19. The van der Waals surface area contributed by atoms with Gasteiger partial charge >= 0.3 is 0 Å². The molecule has 98 valence electrons. The maximum Gasteiger partial charge on any atom is 0.264 e. The SMILES string of the molecule is CC(C)(C)c1noc(COc2cccc(C#N)c2)n1. The zero-order chi connectivity index (χ0) is 13.9. The van der Waals surface area contributed by atoms with E-state index >= 15 is 0 Å². The van der Waals surface area contributed by atoms with Crippen molar-refractivity contribution in [2.45, 2.75) is 32.8 Å². The van der Waals surface area contributed by atoms with Gasteiger partial charge in [0.2, 0.25) is 0 Å². The number of aromatic nitrogens is 2. The molecule has 0 N–H and O–H groups in total. The highest BCUT2D eigenvalue weighted by molar-refractivity contribution is 5.36. The van der Waals surface area contributed by atoms with Crippen molar-refractivity contribution in [3.05, 3.63) is 41.5 Å². The normalized spacial score (nSPS) is 11.1. The Morgan fingerprint density at radius 3 is 2.79 bits per heavy atom. The van der Waals surface area contributed by atoms with Crippen LogP contribution < -0.4 is 4.74 Å². The average Bonchev–Trinajstić information content (AvgIpc) is 2.85. The fraction of sp³-hybridized carbons (Fsp3) is 0.357. The highest BCUT2D eigenvalue weighted by atomic mass is 16.5. The molecule has 1 aromatic heterocycles. The van der Waals surface area contributed by atoms with E-state index < -0.39 is 0 Å². The fourth-order valence-electron chi connectivity index (χ4n) is 1.42. The Morgan fingerprint density at radius 1 is 1.37 bits per heavy atom. The lowest BCUT2D eigenvalue weighted by molar-refractivity contribution is 0.242. The van der Waals surface area contributed by atoms with E-state index in [0.717, 1.165) is 0 Å². The predicted octanol–water partition coefficient (Wildman–Crippen LogP) is 2.82. The number of hydrogen-bond donors (Lipinski definition) is 0. The Hall–Kier alpha value is -2.35. The van der Waals surface area contributed by atoms with Crippen LogP contribution in [0, 0.1) is 11.3 Å². The Balaban J connectivity index is 2.03. The van der Waals surface area contributed by atoms with Crippen molar-refractivity contribution in [2.24, 2.45) is 0 Å². The fourth-order valence-corrected chi connectivity index (χ4v) is 1.42. The molecule has 0 bridgehead atoms. The minimum atomic E-state index is -0.150. The van der Waals surface area contributed by atoms with Crippen LogP contribution in [0.4, 0.5) is 0 Å². The first-order valence-electron chi connectivity index (χ1n) is 5.95. The van der Waals surface area contributed by atoms with Crippen molar-refractivity contribution in [2.75, 3.05) is 0 Å². The van der Waals surface area contributed by atoms with Gasteiger partial charge in [-0.3, -0.25) is 0 Å². The summed E-state index contributed by atoms with van der Waals surface area (Å²) >= 11 is 0. The molecule has 0 aliphatic carbocycles. The molecule has 2 rings (SSSR count). The minimum Gasteiger partial charge on any atom is -0.484 e. The van der Waals surface area contributed by atoms with Crippen molar-refractivity contribution >= 4 is 0 Å². The molecule has 0 unspecified atom stereocenters. The number of benzene rings is 1. The van der Waals surface area contributed by atoms with E-state index in [0.29, 0.717) is 23.0 Å². The molecular weight excluding hydrogens is 242 g/mol. The van der Waals surface area contributed by atoms with E-state index in [1.807, 2.05) is 20.8 Å². The smallest absolute Gasteiger partial charge is 0.264 e. The quantitative estimate of drug-likeness (QED) is 0.845. The number of nitrogens with zero attached hydrogens (tertiary/aromatic N) is 3. The van der Waals surface area contributed by atoms with Gasteiger partial charge in [0.25, 0.3) is 5.89 Å². The van der Waals surface area contributed by atoms with Gasteiger partial charge in [0, 0.05) is 5.41 Å². The summed E-state index contributed by atoms with van der Waals surface area (Å²) in [4.78, 5) is 4.27. The van der Waals surface area contributed by atoms with Gasteiger partial charge in [0.1, 0.15) is 5.75 Å². The molecule has 5 nitrogen and oxygen atoms in total. The average molecular weight is 257 g/mol. The van der Waals surface area contributed by atoms with Crippen molar-refractivity contribution in [3.8, 4) is 11.8 Å². The molecule has 2 aromatic rings. The molecule has 5 heteroatoms. The minimum absolute atomic E-state index is 0.150. The van der Waals surface area contributed by atoms with E-state index in [9.17, 15) is 0 Å². The molecule has 0 saturated heterocycles. The summed E-state index contributed by atoms with van der Waals surface area (Å²) in [5, 5.41) is 12.7. The third kappa shape index (κ3) is 3.32. The lowest BCUT2D eigenvalue weighted by atomic mass is 9.96. The molecule has 0 radical (unpaired) electrons. The Bertz CT molecular complexity index is 606. The third-order valence-electron chi connectivity index (χ3n) is 2.46. The summed E-state index contributed by atoms with van der Waals surface area (Å²) < 4.78 is 10.6. The largest absolute Gasteiger partial charge is 0.484 e. The van der Waals surface area contributed by atoms with Gasteiger partial charge in [-0.25, -0.2) is 0 Å². The first-order valence-corrected chi connectivity index (χ1v) is 5.95. The molecular formula is C14H15N3O2. The summed E-state index contributed by atoms with van der Waals surface area (Å²) in [6.07, 6.45) is 0. The van der Waals surface area contributed by atoms with Crippen LogP contribution in [0.1, 0.15) is 38.0 Å². The molecule has 0 aliphatic heterocycles. The van der Waals surface area contributed by atoms with Gasteiger partial charge in [-0.05, 0) is 18.2 Å². The molecule has 19 heavy (non-hydrogen) atoms. The topological polar surface area (TPSA) is 71.9 Å². The summed E-state index contributed by atoms with van der Waals surface area (Å²) in [5.41, 5.74) is 0.404. The number of rotatable bonds is 3. The van der Waals surface area contributed by atoms with Gasteiger partial charge in [0.05, 0.1) is 11.6 Å². The van der Waals surface area contributed by atoms with Crippen LogP contribution in [0.3, 0.4) is 0 Å². The van der Waals surface area contributed by atoms with Gasteiger partial charge in [-0.1, -0.05) is 32.0 Å². The van der Waals surface area contributed by atoms with Gasteiger partial charge < -0.3 is 9.26 Å². The summed E-state index contributed by atoms with van der Waals surface area (Å²) in [6, 6.07) is 8.99. The van der Waals surface area contributed by atoms with Gasteiger partial charge in [-0.2, -0.15) is 10.2 Å². The van der Waals surface area contributed by atoms with Gasteiger partial charge in [-0.15, -0.1) is 0 Å². The number of ether oxygens (including phenoxy) is 1. The van der Waals surface area contributed by atoms with Crippen molar-refractivity contribution in [3.63, 3.8) is 0 Å². The van der Waals surface area contributed by atoms with Crippen molar-refractivity contribution in [1.82, 2.24) is 10.1 Å². The second-order valence-electron chi connectivity index (χ2n) is 5.19. The molecule has 0 fully saturated rings. The van der Waals surface area contributed by atoms with E-state index in [2.05, 4.69) is 16.2 Å². The first kappa shape index (κ1) is 13.1. The van der Waals surface area contributed by atoms with Crippen molar-refractivity contribution in [1.29, 1.82) is 5.26 Å². The molecule has 0 spiro atoms. The predicted molar refractivity (Wildman–Crippen MR) is 68.5 cm³/mol. The molecule has 0 amide bonds. The summed E-state index contributed by atoms with van der Waals surface area (Å²) in [6.45, 7) is 6.23. The summed E-state index contributed by atoms with van der Waals surface area (Å²) in [5.74, 6) is 1.68. The van der Waals surface area contributed by atoms with E-state index in [1.54, 1.807) is 24.3 Å². The lowest BCUT2D eigenvalue weighted by Gasteiger charge is -2.10. The van der Waals surface area contributed by atoms with Crippen LogP contribution in [0.25, 0.3) is 0 Å².